The first kappa shape index (κ1) is 17.0. The van der Waals surface area contributed by atoms with Crippen molar-refractivity contribution in [3.63, 3.8) is 0 Å². The number of anilines is 1. The van der Waals surface area contributed by atoms with Crippen molar-refractivity contribution in [2.45, 2.75) is 0 Å². The van der Waals surface area contributed by atoms with Crippen molar-refractivity contribution in [2.24, 2.45) is 5.73 Å². The normalized spacial score (nSPS) is 10.2. The van der Waals surface area contributed by atoms with Gasteiger partial charge >= 0.3 is 0 Å². The minimum Gasteiger partial charge on any atom is -0.492 e. The van der Waals surface area contributed by atoms with Gasteiger partial charge in [0.1, 0.15) is 12.4 Å². The predicted molar refractivity (Wildman–Crippen MR) is 90.9 cm³/mol. The molecule has 0 saturated heterocycles. The monoisotopic (exact) mass is 333 g/mol. The van der Waals surface area contributed by atoms with Gasteiger partial charge in [-0.3, -0.25) is 9.59 Å². The van der Waals surface area contributed by atoms with E-state index in [1.54, 1.807) is 43.4 Å². The number of nitrogens with zero attached hydrogens (tertiary/aromatic N) is 1. The Morgan fingerprint density at radius 1 is 1.26 bits per heavy atom. The Bertz CT molecular complexity index is 641. The molecule has 0 aliphatic carbocycles. The number of nitrogens with one attached hydrogen (secondary N) is 1. The Morgan fingerprint density at radius 2 is 2.00 bits per heavy atom. The molecule has 0 aliphatic rings. The summed E-state index contributed by atoms with van der Waals surface area (Å²) in [7, 11) is 1.60. The van der Waals surface area contributed by atoms with Crippen LogP contribution in [-0.2, 0) is 4.79 Å². The quantitative estimate of drug-likeness (QED) is 0.809. The number of likely N-dealkylation sites (N-methyl/N-ethyl adjacent to an activating group) is 1. The van der Waals surface area contributed by atoms with Gasteiger partial charge in [-0.2, -0.15) is 0 Å². The average molecular weight is 333 g/mol. The summed E-state index contributed by atoms with van der Waals surface area (Å²) in [5.41, 5.74) is 6.01. The van der Waals surface area contributed by atoms with E-state index in [2.05, 4.69) is 5.32 Å². The zero-order valence-corrected chi connectivity index (χ0v) is 13.6. The predicted octanol–water partition coefficient (Wildman–Crippen LogP) is 1.80. The molecule has 2 aromatic rings. The van der Waals surface area contributed by atoms with Crippen LogP contribution in [0.4, 0.5) is 5.69 Å². The van der Waals surface area contributed by atoms with E-state index in [1.807, 2.05) is 5.38 Å². The fourth-order valence-electron chi connectivity index (χ4n) is 1.89. The van der Waals surface area contributed by atoms with Crippen molar-refractivity contribution in [1.29, 1.82) is 0 Å². The lowest BCUT2D eigenvalue weighted by Gasteiger charge is -2.16. The van der Waals surface area contributed by atoms with Crippen LogP contribution in [0.15, 0.2) is 41.8 Å². The first-order chi connectivity index (χ1) is 11.1. The van der Waals surface area contributed by atoms with Gasteiger partial charge < -0.3 is 20.7 Å². The third kappa shape index (κ3) is 5.08. The van der Waals surface area contributed by atoms with E-state index in [9.17, 15) is 9.59 Å². The van der Waals surface area contributed by atoms with Crippen LogP contribution in [0.3, 0.4) is 0 Å². The summed E-state index contributed by atoms with van der Waals surface area (Å²) in [6.07, 6.45) is 0. The molecule has 2 rings (SSSR count). The van der Waals surface area contributed by atoms with Crippen molar-refractivity contribution in [3.8, 4) is 5.75 Å². The molecule has 0 aliphatic heterocycles. The molecule has 0 saturated carbocycles. The summed E-state index contributed by atoms with van der Waals surface area (Å²) in [5, 5.41) is 4.58. The highest BCUT2D eigenvalue weighted by Crippen LogP contribution is 2.16. The summed E-state index contributed by atoms with van der Waals surface area (Å²) in [6, 6.07) is 10.5. The van der Waals surface area contributed by atoms with Gasteiger partial charge in [-0.1, -0.05) is 6.07 Å². The molecule has 0 atom stereocenters. The minimum atomic E-state index is -0.256. The van der Waals surface area contributed by atoms with Crippen molar-refractivity contribution in [3.05, 3.63) is 46.7 Å². The largest absolute Gasteiger partial charge is 0.492 e. The van der Waals surface area contributed by atoms with Gasteiger partial charge in [-0.15, -0.1) is 11.3 Å². The molecule has 3 N–H and O–H groups in total. The average Bonchev–Trinajstić information content (AvgIpc) is 3.07. The standard InChI is InChI=1S/C16H19N3O3S/c1-19(16(21)14-3-2-10-23-14)11-15(20)18-12-4-6-13(7-5-12)22-9-8-17/h2-7,10H,8-9,11,17H2,1H3,(H,18,20). The molecule has 0 fully saturated rings. The summed E-state index contributed by atoms with van der Waals surface area (Å²) >= 11 is 1.35. The smallest absolute Gasteiger partial charge is 0.264 e. The van der Waals surface area contributed by atoms with Gasteiger partial charge in [-0.25, -0.2) is 0 Å². The SMILES string of the molecule is CN(CC(=O)Nc1ccc(OCCN)cc1)C(=O)c1cccs1. The van der Waals surface area contributed by atoms with E-state index in [0.717, 1.165) is 0 Å². The molecule has 7 heteroatoms. The lowest BCUT2D eigenvalue weighted by molar-refractivity contribution is -0.116. The Balaban J connectivity index is 1.85. The number of hydrogen-bond acceptors (Lipinski definition) is 5. The molecule has 1 aromatic heterocycles. The molecule has 122 valence electrons. The zero-order chi connectivity index (χ0) is 16.7. The first-order valence-electron chi connectivity index (χ1n) is 7.12. The van der Waals surface area contributed by atoms with Gasteiger partial charge in [0.05, 0.1) is 11.4 Å². The highest BCUT2D eigenvalue weighted by molar-refractivity contribution is 7.12. The third-order valence-electron chi connectivity index (χ3n) is 2.98. The number of ether oxygens (including phenoxy) is 1. The molecule has 0 spiro atoms. The van der Waals surface area contributed by atoms with Gasteiger partial charge in [0.15, 0.2) is 0 Å². The Hall–Kier alpha value is -2.38. The van der Waals surface area contributed by atoms with Crippen molar-refractivity contribution < 1.29 is 14.3 Å². The van der Waals surface area contributed by atoms with E-state index in [-0.39, 0.29) is 18.4 Å². The van der Waals surface area contributed by atoms with E-state index >= 15 is 0 Å². The molecule has 2 amide bonds. The van der Waals surface area contributed by atoms with E-state index in [0.29, 0.717) is 29.5 Å². The third-order valence-corrected chi connectivity index (χ3v) is 3.84. The van der Waals surface area contributed by atoms with E-state index < -0.39 is 0 Å². The van der Waals surface area contributed by atoms with Crippen molar-refractivity contribution in [1.82, 2.24) is 4.90 Å². The summed E-state index contributed by atoms with van der Waals surface area (Å²) in [6.45, 7) is 0.882. The molecule has 0 radical (unpaired) electrons. The van der Waals surface area contributed by atoms with Gasteiger partial charge in [0, 0.05) is 19.3 Å². The van der Waals surface area contributed by atoms with Crippen molar-refractivity contribution >= 4 is 28.8 Å². The fraction of sp³-hybridized carbons (Fsp3) is 0.250. The van der Waals surface area contributed by atoms with E-state index in [4.69, 9.17) is 10.5 Å². The van der Waals surface area contributed by atoms with Gasteiger partial charge in [0.2, 0.25) is 5.91 Å². The number of thiophene rings is 1. The molecule has 1 aromatic carbocycles. The summed E-state index contributed by atoms with van der Waals surface area (Å²) < 4.78 is 5.36. The van der Waals surface area contributed by atoms with Crippen LogP contribution in [-0.4, -0.2) is 43.5 Å². The van der Waals surface area contributed by atoms with Gasteiger partial charge in [-0.05, 0) is 35.7 Å². The van der Waals surface area contributed by atoms with Crippen LogP contribution in [0.2, 0.25) is 0 Å². The minimum absolute atomic E-state index is 0.0117. The second kappa shape index (κ2) is 8.30. The maximum absolute atomic E-state index is 12.1. The molecule has 0 bridgehead atoms. The first-order valence-corrected chi connectivity index (χ1v) is 8.00. The molecule has 1 heterocycles. The van der Waals surface area contributed by atoms with Crippen LogP contribution in [0.25, 0.3) is 0 Å². The fourth-order valence-corrected chi connectivity index (χ4v) is 2.60. The number of hydrogen-bond donors (Lipinski definition) is 2. The Kier molecular flexibility index (Phi) is 6.13. The van der Waals surface area contributed by atoms with Crippen LogP contribution < -0.4 is 15.8 Å². The second-order valence-corrected chi connectivity index (χ2v) is 5.80. The topological polar surface area (TPSA) is 84.7 Å². The van der Waals surface area contributed by atoms with Crippen LogP contribution in [0.5, 0.6) is 5.75 Å². The lowest BCUT2D eigenvalue weighted by atomic mass is 10.3. The van der Waals surface area contributed by atoms with Crippen molar-refractivity contribution in [2.75, 3.05) is 32.1 Å². The number of nitrogens with two attached hydrogens (primary N) is 1. The van der Waals surface area contributed by atoms with Crippen LogP contribution >= 0.6 is 11.3 Å². The van der Waals surface area contributed by atoms with Crippen LogP contribution in [0.1, 0.15) is 9.67 Å². The molecule has 23 heavy (non-hydrogen) atoms. The van der Waals surface area contributed by atoms with Gasteiger partial charge in [0.25, 0.3) is 5.91 Å². The van der Waals surface area contributed by atoms with Crippen LogP contribution in [0, 0.1) is 0 Å². The number of amides is 2. The zero-order valence-electron chi connectivity index (χ0n) is 12.8. The number of benzene rings is 1. The number of rotatable bonds is 7. The van der Waals surface area contributed by atoms with E-state index in [1.165, 1.54) is 16.2 Å². The maximum Gasteiger partial charge on any atom is 0.264 e. The lowest BCUT2D eigenvalue weighted by Crippen LogP contribution is -2.34. The molecular weight excluding hydrogens is 314 g/mol. The summed E-state index contributed by atoms with van der Waals surface area (Å²) in [4.78, 5) is 26.1. The number of carbonyl (C=O) groups is 2. The Labute approximate surface area is 138 Å². The molecular formula is C16H19N3O3S. The molecule has 6 nitrogen and oxygen atoms in total. The number of carbonyl (C=O) groups excluding carboxylic acids is 2. The summed E-state index contributed by atoms with van der Waals surface area (Å²) in [5.74, 6) is 0.271. The Morgan fingerprint density at radius 3 is 2.61 bits per heavy atom. The maximum atomic E-state index is 12.1. The highest BCUT2D eigenvalue weighted by atomic mass is 32.1. The molecule has 0 unspecified atom stereocenters. The highest BCUT2D eigenvalue weighted by Gasteiger charge is 2.15. The second-order valence-electron chi connectivity index (χ2n) is 4.85.